The maximum Gasteiger partial charge on any atom is 0.222 e. The molecule has 1 amide bonds. The highest BCUT2D eigenvalue weighted by Crippen LogP contribution is 2.25. The highest BCUT2D eigenvalue weighted by molar-refractivity contribution is 5.77. The number of nitrogens with one attached hydrogen (secondary N) is 1. The molecule has 0 radical (unpaired) electrons. The molecular weight excluding hydrogens is 192 g/mol. The molecule has 1 aromatic rings. The van der Waals surface area contributed by atoms with Gasteiger partial charge in [-0.3, -0.25) is 4.79 Å². The summed E-state index contributed by atoms with van der Waals surface area (Å²) in [6, 6.07) is 3.99. The standard InChI is InChI=1S/C11H16N2O2/c12-11(14)9-4-1-5-10(9)13-7-8-3-2-6-15-8/h2-3,6,9-10,13H,1,4-5,7H2,(H2,12,14). The SMILES string of the molecule is NC(=O)C1CCCC1NCc1ccco1. The van der Waals surface area contributed by atoms with E-state index in [2.05, 4.69) is 5.32 Å². The molecule has 0 aliphatic heterocycles. The molecule has 1 aliphatic rings. The Morgan fingerprint density at radius 1 is 1.60 bits per heavy atom. The van der Waals surface area contributed by atoms with Crippen molar-refractivity contribution in [3.8, 4) is 0 Å². The predicted molar refractivity (Wildman–Crippen MR) is 55.9 cm³/mol. The van der Waals surface area contributed by atoms with Crippen LogP contribution in [-0.2, 0) is 11.3 Å². The van der Waals surface area contributed by atoms with Crippen LogP contribution in [0, 0.1) is 5.92 Å². The van der Waals surface area contributed by atoms with Crippen LogP contribution < -0.4 is 11.1 Å². The zero-order chi connectivity index (χ0) is 10.7. The fraction of sp³-hybridized carbons (Fsp3) is 0.545. The first kappa shape index (κ1) is 10.2. The average molecular weight is 208 g/mol. The Morgan fingerprint density at radius 3 is 3.13 bits per heavy atom. The minimum absolute atomic E-state index is 0.0139. The van der Waals surface area contributed by atoms with Gasteiger partial charge in [0.05, 0.1) is 18.7 Å². The second-order valence-corrected chi connectivity index (χ2v) is 4.01. The highest BCUT2D eigenvalue weighted by atomic mass is 16.3. The van der Waals surface area contributed by atoms with Gasteiger partial charge in [0, 0.05) is 6.04 Å². The van der Waals surface area contributed by atoms with Gasteiger partial charge >= 0.3 is 0 Å². The lowest BCUT2D eigenvalue weighted by atomic mass is 10.0. The Labute approximate surface area is 88.8 Å². The van der Waals surface area contributed by atoms with E-state index >= 15 is 0 Å². The largest absolute Gasteiger partial charge is 0.468 e. The fourth-order valence-corrected chi connectivity index (χ4v) is 2.19. The lowest BCUT2D eigenvalue weighted by molar-refractivity contribution is -0.122. The molecular formula is C11H16N2O2. The van der Waals surface area contributed by atoms with Crippen molar-refractivity contribution in [1.82, 2.24) is 5.32 Å². The number of hydrogen-bond donors (Lipinski definition) is 2. The van der Waals surface area contributed by atoms with Crippen molar-refractivity contribution < 1.29 is 9.21 Å². The van der Waals surface area contributed by atoms with Crippen LogP contribution in [0.1, 0.15) is 25.0 Å². The van der Waals surface area contributed by atoms with E-state index in [1.54, 1.807) is 6.26 Å². The van der Waals surface area contributed by atoms with Crippen molar-refractivity contribution in [2.45, 2.75) is 31.8 Å². The molecule has 1 aliphatic carbocycles. The first-order valence-electron chi connectivity index (χ1n) is 5.32. The minimum atomic E-state index is -0.190. The van der Waals surface area contributed by atoms with Crippen molar-refractivity contribution >= 4 is 5.91 Å². The second-order valence-electron chi connectivity index (χ2n) is 4.01. The molecule has 15 heavy (non-hydrogen) atoms. The van der Waals surface area contributed by atoms with Gasteiger partial charge in [0.15, 0.2) is 0 Å². The number of rotatable bonds is 4. The number of nitrogens with two attached hydrogens (primary N) is 1. The third kappa shape index (κ3) is 2.39. The number of primary amides is 1. The van der Waals surface area contributed by atoms with Gasteiger partial charge in [0.1, 0.15) is 5.76 Å². The van der Waals surface area contributed by atoms with E-state index in [-0.39, 0.29) is 17.9 Å². The van der Waals surface area contributed by atoms with Crippen molar-refractivity contribution in [2.75, 3.05) is 0 Å². The van der Waals surface area contributed by atoms with E-state index in [0.29, 0.717) is 6.54 Å². The maximum atomic E-state index is 11.1. The number of furan rings is 1. The van der Waals surface area contributed by atoms with Gasteiger partial charge in [0.25, 0.3) is 0 Å². The smallest absolute Gasteiger partial charge is 0.222 e. The van der Waals surface area contributed by atoms with Crippen LogP contribution in [0.2, 0.25) is 0 Å². The summed E-state index contributed by atoms with van der Waals surface area (Å²) in [5.41, 5.74) is 5.33. The number of carbonyl (C=O) groups excluding carboxylic acids is 1. The molecule has 1 saturated carbocycles. The van der Waals surface area contributed by atoms with Crippen LogP contribution in [-0.4, -0.2) is 11.9 Å². The molecule has 2 unspecified atom stereocenters. The van der Waals surface area contributed by atoms with Crippen LogP contribution in [0.4, 0.5) is 0 Å². The molecule has 1 heterocycles. The molecule has 0 aromatic carbocycles. The Kier molecular flexibility index (Phi) is 3.06. The quantitative estimate of drug-likeness (QED) is 0.776. The molecule has 1 fully saturated rings. The van der Waals surface area contributed by atoms with Crippen molar-refractivity contribution in [1.29, 1.82) is 0 Å². The van der Waals surface area contributed by atoms with E-state index in [4.69, 9.17) is 10.2 Å². The van der Waals surface area contributed by atoms with Gasteiger partial charge < -0.3 is 15.5 Å². The van der Waals surface area contributed by atoms with E-state index in [9.17, 15) is 4.79 Å². The molecule has 4 heteroatoms. The normalized spacial score (nSPS) is 25.6. The van der Waals surface area contributed by atoms with Gasteiger partial charge in [-0.2, -0.15) is 0 Å². The molecule has 0 saturated heterocycles. The molecule has 2 rings (SSSR count). The van der Waals surface area contributed by atoms with Crippen LogP contribution in [0.3, 0.4) is 0 Å². The zero-order valence-corrected chi connectivity index (χ0v) is 8.61. The number of amides is 1. The monoisotopic (exact) mass is 208 g/mol. The van der Waals surface area contributed by atoms with E-state index in [0.717, 1.165) is 25.0 Å². The molecule has 0 spiro atoms. The lowest BCUT2D eigenvalue weighted by Crippen LogP contribution is -2.38. The van der Waals surface area contributed by atoms with Gasteiger partial charge in [0.2, 0.25) is 5.91 Å². The van der Waals surface area contributed by atoms with Crippen molar-refractivity contribution in [2.24, 2.45) is 11.7 Å². The maximum absolute atomic E-state index is 11.1. The lowest BCUT2D eigenvalue weighted by Gasteiger charge is -2.17. The van der Waals surface area contributed by atoms with Gasteiger partial charge in [-0.05, 0) is 25.0 Å². The fourth-order valence-electron chi connectivity index (χ4n) is 2.19. The topological polar surface area (TPSA) is 68.3 Å². The summed E-state index contributed by atoms with van der Waals surface area (Å²) in [7, 11) is 0. The van der Waals surface area contributed by atoms with Crippen LogP contribution in [0.5, 0.6) is 0 Å². The van der Waals surface area contributed by atoms with Crippen LogP contribution >= 0.6 is 0 Å². The molecule has 2 atom stereocenters. The van der Waals surface area contributed by atoms with E-state index < -0.39 is 0 Å². The molecule has 3 N–H and O–H groups in total. The summed E-state index contributed by atoms with van der Waals surface area (Å²) < 4.78 is 5.21. The molecule has 0 bridgehead atoms. The van der Waals surface area contributed by atoms with E-state index in [1.807, 2.05) is 12.1 Å². The summed E-state index contributed by atoms with van der Waals surface area (Å²) >= 11 is 0. The zero-order valence-electron chi connectivity index (χ0n) is 8.61. The Balaban J connectivity index is 1.86. The Hall–Kier alpha value is -1.29. The Morgan fingerprint density at radius 2 is 2.47 bits per heavy atom. The number of hydrogen-bond acceptors (Lipinski definition) is 3. The first-order chi connectivity index (χ1) is 7.27. The summed E-state index contributed by atoms with van der Waals surface area (Å²) in [6.07, 6.45) is 4.65. The van der Waals surface area contributed by atoms with Gasteiger partial charge in [-0.15, -0.1) is 0 Å². The summed E-state index contributed by atoms with van der Waals surface area (Å²) in [6.45, 7) is 0.668. The van der Waals surface area contributed by atoms with Gasteiger partial charge in [-0.1, -0.05) is 6.42 Å². The minimum Gasteiger partial charge on any atom is -0.468 e. The van der Waals surface area contributed by atoms with Gasteiger partial charge in [-0.25, -0.2) is 0 Å². The van der Waals surface area contributed by atoms with Crippen LogP contribution in [0.15, 0.2) is 22.8 Å². The molecule has 1 aromatic heterocycles. The molecule has 4 nitrogen and oxygen atoms in total. The van der Waals surface area contributed by atoms with Crippen molar-refractivity contribution in [3.63, 3.8) is 0 Å². The second kappa shape index (κ2) is 4.49. The third-order valence-corrected chi connectivity index (χ3v) is 3.00. The predicted octanol–water partition coefficient (Wildman–Crippen LogP) is 1.02. The summed E-state index contributed by atoms with van der Waals surface area (Å²) in [5.74, 6) is 0.689. The summed E-state index contributed by atoms with van der Waals surface area (Å²) in [5, 5.41) is 3.32. The average Bonchev–Trinajstić information content (AvgIpc) is 2.86. The first-order valence-corrected chi connectivity index (χ1v) is 5.32. The third-order valence-electron chi connectivity index (χ3n) is 3.00. The Bertz CT molecular complexity index is 321. The van der Waals surface area contributed by atoms with Crippen molar-refractivity contribution in [3.05, 3.63) is 24.2 Å². The summed E-state index contributed by atoms with van der Waals surface area (Å²) in [4.78, 5) is 11.1. The van der Waals surface area contributed by atoms with Crippen LogP contribution in [0.25, 0.3) is 0 Å². The van der Waals surface area contributed by atoms with E-state index in [1.165, 1.54) is 0 Å². The highest BCUT2D eigenvalue weighted by Gasteiger charge is 2.30. The number of carbonyl (C=O) groups is 1. The molecule has 82 valence electrons.